The summed E-state index contributed by atoms with van der Waals surface area (Å²) in [6.07, 6.45) is 4.97. The molecule has 0 saturated carbocycles. The van der Waals surface area contributed by atoms with Crippen molar-refractivity contribution in [2.75, 3.05) is 37.5 Å². The lowest BCUT2D eigenvalue weighted by atomic mass is 10.2. The van der Waals surface area contributed by atoms with E-state index in [1.165, 1.54) is 25.7 Å². The van der Waals surface area contributed by atoms with Crippen LogP contribution >= 0.6 is 0 Å². The molecule has 0 atom stereocenters. The summed E-state index contributed by atoms with van der Waals surface area (Å²) in [6.45, 7) is 2.06. The van der Waals surface area contributed by atoms with E-state index in [-0.39, 0.29) is 0 Å². The maximum atomic E-state index is 5.48. The number of aromatic nitrogens is 2. The molecule has 6 nitrogen and oxygen atoms in total. The maximum Gasteiger partial charge on any atom is 0.229 e. The van der Waals surface area contributed by atoms with Crippen LogP contribution < -0.4 is 19.7 Å². The first-order chi connectivity index (χ1) is 13.8. The van der Waals surface area contributed by atoms with Gasteiger partial charge in [0, 0.05) is 24.5 Å². The minimum absolute atomic E-state index is 0.560. The summed E-state index contributed by atoms with van der Waals surface area (Å²) in [5.74, 6) is 3.02. The highest BCUT2D eigenvalue weighted by molar-refractivity contribution is 5.91. The third kappa shape index (κ3) is 3.81. The van der Waals surface area contributed by atoms with Crippen molar-refractivity contribution < 1.29 is 9.47 Å². The molecule has 146 valence electrons. The lowest BCUT2D eigenvalue weighted by Gasteiger charge is -2.23. The Kier molecular flexibility index (Phi) is 5.46. The van der Waals surface area contributed by atoms with Crippen LogP contribution in [0.4, 0.5) is 17.5 Å². The minimum Gasteiger partial charge on any atom is -0.497 e. The molecule has 2 heterocycles. The number of rotatable bonds is 5. The van der Waals surface area contributed by atoms with Crippen LogP contribution in [0.3, 0.4) is 0 Å². The van der Waals surface area contributed by atoms with Gasteiger partial charge in [0.05, 0.1) is 25.4 Å². The second-order valence-corrected chi connectivity index (χ2v) is 6.98. The molecule has 2 aromatic carbocycles. The quantitative estimate of drug-likeness (QED) is 0.690. The van der Waals surface area contributed by atoms with Crippen molar-refractivity contribution in [3.8, 4) is 11.5 Å². The smallest absolute Gasteiger partial charge is 0.229 e. The molecular formula is C22H26N4O2. The summed E-state index contributed by atoms with van der Waals surface area (Å²) in [5, 5.41) is 4.42. The number of methoxy groups -OCH3 is 2. The molecule has 0 aliphatic carbocycles. The van der Waals surface area contributed by atoms with Gasteiger partial charge in [0.1, 0.15) is 17.3 Å². The number of nitrogens with one attached hydrogen (secondary N) is 1. The van der Waals surface area contributed by atoms with Crippen LogP contribution in [0.2, 0.25) is 0 Å². The Hall–Kier alpha value is -3.02. The summed E-state index contributed by atoms with van der Waals surface area (Å²) < 4.78 is 10.8. The Bertz CT molecular complexity index is 952. The SMILES string of the molecule is COc1ccc(OC)c(Nc2nc(N3CCCCCC3)c3ccccc3n2)c1. The first-order valence-corrected chi connectivity index (χ1v) is 9.79. The van der Waals surface area contributed by atoms with E-state index in [2.05, 4.69) is 16.3 Å². The monoisotopic (exact) mass is 378 g/mol. The van der Waals surface area contributed by atoms with Gasteiger partial charge in [-0.2, -0.15) is 4.98 Å². The van der Waals surface area contributed by atoms with Crippen LogP contribution in [0.5, 0.6) is 11.5 Å². The third-order valence-corrected chi connectivity index (χ3v) is 5.14. The maximum absolute atomic E-state index is 5.48. The molecule has 28 heavy (non-hydrogen) atoms. The molecule has 1 aliphatic rings. The zero-order valence-electron chi connectivity index (χ0n) is 16.4. The number of anilines is 3. The first-order valence-electron chi connectivity index (χ1n) is 9.79. The number of nitrogens with zero attached hydrogens (tertiary/aromatic N) is 3. The topological polar surface area (TPSA) is 59.5 Å². The van der Waals surface area contributed by atoms with Gasteiger partial charge in [-0.3, -0.25) is 0 Å². The van der Waals surface area contributed by atoms with E-state index in [4.69, 9.17) is 19.4 Å². The second-order valence-electron chi connectivity index (χ2n) is 6.98. The fourth-order valence-corrected chi connectivity index (χ4v) is 3.67. The molecule has 0 bridgehead atoms. The van der Waals surface area contributed by atoms with Gasteiger partial charge in [0.15, 0.2) is 0 Å². The Morgan fingerprint density at radius 1 is 0.893 bits per heavy atom. The van der Waals surface area contributed by atoms with Gasteiger partial charge in [-0.15, -0.1) is 0 Å². The zero-order valence-corrected chi connectivity index (χ0v) is 16.4. The minimum atomic E-state index is 0.560. The number of hydrogen-bond acceptors (Lipinski definition) is 6. The average molecular weight is 378 g/mol. The van der Waals surface area contributed by atoms with Gasteiger partial charge < -0.3 is 19.7 Å². The molecule has 0 unspecified atom stereocenters. The van der Waals surface area contributed by atoms with Crippen LogP contribution in [0.1, 0.15) is 25.7 Å². The van der Waals surface area contributed by atoms with Crippen molar-refractivity contribution in [3.63, 3.8) is 0 Å². The van der Waals surface area contributed by atoms with Gasteiger partial charge in [-0.25, -0.2) is 4.98 Å². The van der Waals surface area contributed by atoms with E-state index in [9.17, 15) is 0 Å². The fourth-order valence-electron chi connectivity index (χ4n) is 3.67. The van der Waals surface area contributed by atoms with E-state index in [0.29, 0.717) is 11.7 Å². The van der Waals surface area contributed by atoms with Gasteiger partial charge in [-0.1, -0.05) is 25.0 Å². The zero-order chi connectivity index (χ0) is 19.3. The lowest BCUT2D eigenvalue weighted by molar-refractivity contribution is 0.405. The molecule has 1 saturated heterocycles. The summed E-state index contributed by atoms with van der Waals surface area (Å²) in [4.78, 5) is 12.0. The van der Waals surface area contributed by atoms with Gasteiger partial charge in [-0.05, 0) is 37.1 Å². The highest BCUT2D eigenvalue weighted by Crippen LogP contribution is 2.33. The van der Waals surface area contributed by atoms with Crippen LogP contribution in [0.15, 0.2) is 42.5 Å². The summed E-state index contributed by atoms with van der Waals surface area (Å²) >= 11 is 0. The van der Waals surface area contributed by atoms with E-state index in [1.807, 2.05) is 36.4 Å². The van der Waals surface area contributed by atoms with Crippen molar-refractivity contribution >= 4 is 28.4 Å². The van der Waals surface area contributed by atoms with Gasteiger partial charge in [0.25, 0.3) is 0 Å². The molecule has 1 fully saturated rings. The molecule has 3 aromatic rings. The Morgan fingerprint density at radius 2 is 1.68 bits per heavy atom. The number of para-hydroxylation sites is 1. The summed E-state index contributed by atoms with van der Waals surface area (Å²) in [5.41, 5.74) is 1.71. The van der Waals surface area contributed by atoms with Crippen LogP contribution in [0.25, 0.3) is 10.9 Å². The highest BCUT2D eigenvalue weighted by Gasteiger charge is 2.17. The first kappa shape index (κ1) is 18.3. The van der Waals surface area contributed by atoms with Crippen molar-refractivity contribution in [1.29, 1.82) is 0 Å². The Balaban J connectivity index is 1.76. The molecule has 0 amide bonds. The number of hydrogen-bond donors (Lipinski definition) is 1. The lowest BCUT2D eigenvalue weighted by Crippen LogP contribution is -2.25. The van der Waals surface area contributed by atoms with Gasteiger partial charge >= 0.3 is 0 Å². The molecular weight excluding hydrogens is 352 g/mol. The molecule has 6 heteroatoms. The third-order valence-electron chi connectivity index (χ3n) is 5.14. The van der Waals surface area contributed by atoms with E-state index in [0.717, 1.165) is 41.2 Å². The van der Waals surface area contributed by atoms with Gasteiger partial charge in [0.2, 0.25) is 5.95 Å². The standard InChI is InChI=1S/C22H26N4O2/c1-27-16-11-12-20(28-2)19(15-16)24-22-23-18-10-6-5-9-17(18)21(25-22)26-13-7-3-4-8-14-26/h5-6,9-12,15H,3-4,7-8,13-14H2,1-2H3,(H,23,24,25). The Morgan fingerprint density at radius 3 is 2.43 bits per heavy atom. The number of fused-ring (bicyclic) bond motifs is 1. The molecule has 0 radical (unpaired) electrons. The van der Waals surface area contributed by atoms with E-state index < -0.39 is 0 Å². The Labute approximate surface area is 165 Å². The summed E-state index contributed by atoms with van der Waals surface area (Å²) in [6, 6.07) is 13.8. The number of ether oxygens (including phenoxy) is 2. The molecule has 1 aliphatic heterocycles. The van der Waals surface area contributed by atoms with Crippen LogP contribution in [0, 0.1) is 0 Å². The summed E-state index contributed by atoms with van der Waals surface area (Å²) in [7, 11) is 3.30. The molecule has 4 rings (SSSR count). The van der Waals surface area contributed by atoms with E-state index in [1.54, 1.807) is 14.2 Å². The predicted molar refractivity (Wildman–Crippen MR) is 113 cm³/mol. The predicted octanol–water partition coefficient (Wildman–Crippen LogP) is 4.77. The largest absolute Gasteiger partial charge is 0.497 e. The number of benzene rings is 2. The second kappa shape index (κ2) is 8.33. The fraction of sp³-hybridized carbons (Fsp3) is 0.364. The molecule has 1 aromatic heterocycles. The van der Waals surface area contributed by atoms with Crippen molar-refractivity contribution in [2.45, 2.75) is 25.7 Å². The van der Waals surface area contributed by atoms with Crippen molar-refractivity contribution in [2.24, 2.45) is 0 Å². The van der Waals surface area contributed by atoms with Crippen LogP contribution in [-0.2, 0) is 0 Å². The van der Waals surface area contributed by atoms with Crippen molar-refractivity contribution in [1.82, 2.24) is 9.97 Å². The van der Waals surface area contributed by atoms with Crippen molar-refractivity contribution in [3.05, 3.63) is 42.5 Å². The highest BCUT2D eigenvalue weighted by atomic mass is 16.5. The van der Waals surface area contributed by atoms with Crippen LogP contribution in [-0.4, -0.2) is 37.3 Å². The average Bonchev–Trinajstić information content (AvgIpc) is 3.02. The molecule has 0 spiro atoms. The van der Waals surface area contributed by atoms with E-state index >= 15 is 0 Å². The molecule has 1 N–H and O–H groups in total. The normalized spacial score (nSPS) is 14.6.